The number of ether oxygens (including phenoxy) is 1. The van der Waals surface area contributed by atoms with Gasteiger partial charge in [-0.05, 0) is 25.8 Å². The van der Waals surface area contributed by atoms with E-state index in [0.717, 1.165) is 12.0 Å². The molecule has 0 saturated carbocycles. The van der Waals surface area contributed by atoms with E-state index in [2.05, 4.69) is 20.8 Å². The third kappa shape index (κ3) is 3.77. The van der Waals surface area contributed by atoms with Crippen molar-refractivity contribution < 1.29 is 18.4 Å². The van der Waals surface area contributed by atoms with Gasteiger partial charge in [-0.2, -0.15) is 4.98 Å². The van der Waals surface area contributed by atoms with E-state index in [0.29, 0.717) is 30.5 Å². The second-order valence-electron chi connectivity index (χ2n) is 5.29. The van der Waals surface area contributed by atoms with Crippen LogP contribution >= 0.6 is 0 Å². The van der Waals surface area contributed by atoms with Gasteiger partial charge in [0.25, 0.3) is 0 Å². The number of urea groups is 1. The molecule has 1 aliphatic heterocycles. The van der Waals surface area contributed by atoms with Crippen LogP contribution in [0.5, 0.6) is 5.75 Å². The molecule has 1 aromatic heterocycles. The van der Waals surface area contributed by atoms with Crippen molar-refractivity contribution in [1.29, 1.82) is 0 Å². The maximum atomic E-state index is 13.3. The van der Waals surface area contributed by atoms with Crippen LogP contribution in [0.3, 0.4) is 0 Å². The highest BCUT2D eigenvalue weighted by Gasteiger charge is 2.22. The summed E-state index contributed by atoms with van der Waals surface area (Å²) in [5, 5.41) is 9.18. The Balaban J connectivity index is 1.64. The SMILES string of the molecule is Cc1noc(CNC(=O)N[C@H]2CCCOc3cc(F)ccc32)n1. The molecule has 0 saturated heterocycles. The van der Waals surface area contributed by atoms with Crippen molar-refractivity contribution in [2.45, 2.75) is 32.4 Å². The second-order valence-corrected chi connectivity index (χ2v) is 5.29. The Morgan fingerprint density at radius 3 is 3.13 bits per heavy atom. The van der Waals surface area contributed by atoms with Crippen LogP contribution in [0.15, 0.2) is 22.7 Å². The molecule has 0 radical (unpaired) electrons. The Labute approximate surface area is 132 Å². The standard InChI is InChI=1S/C15H17FN4O3/c1-9-18-14(23-20-9)8-17-15(21)19-12-3-2-6-22-13-7-10(16)4-5-11(12)13/h4-5,7,12H,2-3,6,8H2,1H3,(H2,17,19,21)/t12-/m0/s1. The second kappa shape index (κ2) is 6.64. The van der Waals surface area contributed by atoms with Crippen molar-refractivity contribution in [2.75, 3.05) is 6.61 Å². The van der Waals surface area contributed by atoms with Gasteiger partial charge < -0.3 is 19.9 Å². The molecule has 2 aromatic rings. The molecule has 1 aromatic carbocycles. The molecule has 1 aliphatic rings. The average molecular weight is 320 g/mol. The highest BCUT2D eigenvalue weighted by atomic mass is 19.1. The minimum Gasteiger partial charge on any atom is -0.493 e. The number of nitrogens with zero attached hydrogens (tertiary/aromatic N) is 2. The van der Waals surface area contributed by atoms with Crippen LogP contribution in [0.4, 0.5) is 9.18 Å². The number of hydrogen-bond acceptors (Lipinski definition) is 5. The number of rotatable bonds is 3. The van der Waals surface area contributed by atoms with Crippen molar-refractivity contribution in [3.63, 3.8) is 0 Å². The zero-order valence-electron chi connectivity index (χ0n) is 12.6. The fraction of sp³-hybridized carbons (Fsp3) is 0.400. The van der Waals surface area contributed by atoms with E-state index >= 15 is 0 Å². The van der Waals surface area contributed by atoms with Crippen LogP contribution in [-0.2, 0) is 6.54 Å². The van der Waals surface area contributed by atoms with Gasteiger partial charge in [0.1, 0.15) is 11.6 Å². The largest absolute Gasteiger partial charge is 0.493 e. The van der Waals surface area contributed by atoms with Crippen molar-refractivity contribution in [3.8, 4) is 5.75 Å². The molecule has 3 rings (SSSR count). The molecule has 0 fully saturated rings. The van der Waals surface area contributed by atoms with Gasteiger partial charge in [0.15, 0.2) is 5.82 Å². The Hall–Kier alpha value is -2.64. The molecular formula is C15H17FN4O3. The number of carbonyl (C=O) groups is 1. The fourth-order valence-corrected chi connectivity index (χ4v) is 2.47. The van der Waals surface area contributed by atoms with E-state index < -0.39 is 0 Å². The topological polar surface area (TPSA) is 89.3 Å². The van der Waals surface area contributed by atoms with Crippen LogP contribution in [0.2, 0.25) is 0 Å². The molecule has 1 atom stereocenters. The zero-order valence-corrected chi connectivity index (χ0v) is 12.6. The number of benzene rings is 1. The third-order valence-electron chi connectivity index (χ3n) is 3.52. The minimum atomic E-state index is -0.361. The Kier molecular flexibility index (Phi) is 4.40. The lowest BCUT2D eigenvalue weighted by Crippen LogP contribution is -2.37. The molecule has 122 valence electrons. The molecule has 7 nitrogen and oxygen atoms in total. The number of aromatic nitrogens is 2. The van der Waals surface area contributed by atoms with Gasteiger partial charge in [-0.1, -0.05) is 11.2 Å². The van der Waals surface area contributed by atoms with Crippen LogP contribution < -0.4 is 15.4 Å². The maximum Gasteiger partial charge on any atom is 0.315 e. The first kappa shape index (κ1) is 15.3. The van der Waals surface area contributed by atoms with Crippen molar-refractivity contribution >= 4 is 6.03 Å². The monoisotopic (exact) mass is 320 g/mol. The van der Waals surface area contributed by atoms with Crippen LogP contribution in [0, 0.1) is 12.7 Å². The molecule has 0 spiro atoms. The number of hydrogen-bond donors (Lipinski definition) is 2. The van der Waals surface area contributed by atoms with Crippen LogP contribution in [0.25, 0.3) is 0 Å². The van der Waals surface area contributed by atoms with E-state index in [4.69, 9.17) is 9.26 Å². The Morgan fingerprint density at radius 1 is 1.48 bits per heavy atom. The van der Waals surface area contributed by atoms with E-state index in [1.54, 1.807) is 13.0 Å². The lowest BCUT2D eigenvalue weighted by molar-refractivity contribution is 0.234. The molecule has 2 heterocycles. The number of halogens is 1. The fourth-order valence-electron chi connectivity index (χ4n) is 2.47. The number of aryl methyl sites for hydroxylation is 1. The van der Waals surface area contributed by atoms with E-state index in [-0.39, 0.29) is 24.4 Å². The number of amides is 2. The van der Waals surface area contributed by atoms with Gasteiger partial charge in [0.05, 0.1) is 19.2 Å². The molecule has 0 aliphatic carbocycles. The molecule has 0 unspecified atom stereocenters. The quantitative estimate of drug-likeness (QED) is 0.905. The zero-order chi connectivity index (χ0) is 16.2. The van der Waals surface area contributed by atoms with Gasteiger partial charge in [-0.3, -0.25) is 0 Å². The van der Waals surface area contributed by atoms with Gasteiger partial charge in [0.2, 0.25) is 5.89 Å². The van der Waals surface area contributed by atoms with Gasteiger partial charge >= 0.3 is 6.03 Å². The first-order valence-electron chi connectivity index (χ1n) is 7.37. The maximum absolute atomic E-state index is 13.3. The van der Waals surface area contributed by atoms with E-state index in [1.807, 2.05) is 0 Å². The van der Waals surface area contributed by atoms with Crippen molar-refractivity contribution in [1.82, 2.24) is 20.8 Å². The number of carbonyl (C=O) groups excluding carboxylic acids is 1. The smallest absolute Gasteiger partial charge is 0.315 e. The molecule has 23 heavy (non-hydrogen) atoms. The highest BCUT2D eigenvalue weighted by molar-refractivity contribution is 5.74. The average Bonchev–Trinajstić information content (AvgIpc) is 2.84. The molecule has 2 amide bonds. The normalized spacial score (nSPS) is 16.9. The van der Waals surface area contributed by atoms with E-state index in [1.165, 1.54) is 12.1 Å². The van der Waals surface area contributed by atoms with Crippen LogP contribution in [0.1, 0.15) is 36.2 Å². The lowest BCUT2D eigenvalue weighted by atomic mass is 10.0. The predicted molar refractivity (Wildman–Crippen MR) is 78.3 cm³/mol. The first-order valence-corrected chi connectivity index (χ1v) is 7.37. The lowest BCUT2D eigenvalue weighted by Gasteiger charge is -2.18. The molecule has 0 bridgehead atoms. The summed E-state index contributed by atoms with van der Waals surface area (Å²) >= 11 is 0. The van der Waals surface area contributed by atoms with Crippen molar-refractivity contribution in [3.05, 3.63) is 41.3 Å². The highest BCUT2D eigenvalue weighted by Crippen LogP contribution is 2.31. The van der Waals surface area contributed by atoms with E-state index in [9.17, 15) is 9.18 Å². The molecule has 8 heteroatoms. The third-order valence-corrected chi connectivity index (χ3v) is 3.52. The summed E-state index contributed by atoms with van der Waals surface area (Å²) in [6.07, 6.45) is 1.48. The first-order chi connectivity index (χ1) is 11.1. The number of fused-ring (bicyclic) bond motifs is 1. The van der Waals surface area contributed by atoms with Gasteiger partial charge in [-0.15, -0.1) is 0 Å². The predicted octanol–water partition coefficient (Wildman–Crippen LogP) is 2.23. The summed E-state index contributed by atoms with van der Waals surface area (Å²) in [5.41, 5.74) is 0.771. The molecular weight excluding hydrogens is 303 g/mol. The molecule has 2 N–H and O–H groups in total. The summed E-state index contributed by atoms with van der Waals surface area (Å²) in [6.45, 7) is 2.35. The van der Waals surface area contributed by atoms with Crippen molar-refractivity contribution in [2.24, 2.45) is 0 Å². The summed E-state index contributed by atoms with van der Waals surface area (Å²) in [4.78, 5) is 16.1. The summed E-state index contributed by atoms with van der Waals surface area (Å²) < 4.78 is 23.8. The van der Waals surface area contributed by atoms with Crippen LogP contribution in [-0.4, -0.2) is 22.8 Å². The summed E-state index contributed by atoms with van der Waals surface area (Å²) in [7, 11) is 0. The number of nitrogens with one attached hydrogen (secondary N) is 2. The van der Waals surface area contributed by atoms with Gasteiger partial charge in [-0.25, -0.2) is 9.18 Å². The van der Waals surface area contributed by atoms with Gasteiger partial charge in [0, 0.05) is 11.6 Å². The Bertz CT molecular complexity index is 704. The summed E-state index contributed by atoms with van der Waals surface area (Å²) in [6, 6.07) is 3.75. The Morgan fingerprint density at radius 2 is 2.35 bits per heavy atom. The minimum absolute atomic E-state index is 0.145. The summed E-state index contributed by atoms with van der Waals surface area (Å²) in [5.74, 6) is 0.962.